The Bertz CT molecular complexity index is 551. The summed E-state index contributed by atoms with van der Waals surface area (Å²) in [6.45, 7) is 0. The van der Waals surface area contributed by atoms with Gasteiger partial charge in [-0.3, -0.25) is 9.89 Å². The number of hydrogen-bond donors (Lipinski definition) is 2. The number of H-pyrrole nitrogens is 1. The zero-order chi connectivity index (χ0) is 11.7. The number of anilines is 1. The quantitative estimate of drug-likeness (QED) is 0.811. The molecule has 0 spiro atoms. The molecule has 0 radical (unpaired) electrons. The Labute approximate surface area is 101 Å². The van der Waals surface area contributed by atoms with Gasteiger partial charge in [-0.15, -0.1) is 0 Å². The highest BCUT2D eigenvalue weighted by Crippen LogP contribution is 2.28. The van der Waals surface area contributed by atoms with Gasteiger partial charge in [0, 0.05) is 5.56 Å². The number of nitrogens with one attached hydrogen (secondary N) is 1. The summed E-state index contributed by atoms with van der Waals surface area (Å²) in [5.41, 5.74) is 6.14. The first kappa shape index (κ1) is 11.0. The molecule has 0 saturated heterocycles. The Kier molecular flexibility index (Phi) is 2.85. The van der Waals surface area contributed by atoms with Crippen LogP contribution in [-0.4, -0.2) is 16.0 Å². The smallest absolute Gasteiger partial charge is 0.199 e. The number of benzene rings is 1. The maximum absolute atomic E-state index is 12.0. The zero-order valence-electron chi connectivity index (χ0n) is 8.00. The maximum atomic E-state index is 12.0. The maximum Gasteiger partial charge on any atom is 0.199 e. The van der Waals surface area contributed by atoms with Gasteiger partial charge in [-0.05, 0) is 12.1 Å². The molecule has 0 aliphatic heterocycles. The van der Waals surface area contributed by atoms with Crippen LogP contribution in [-0.2, 0) is 0 Å². The highest BCUT2D eigenvalue weighted by molar-refractivity contribution is 6.44. The second-order valence-electron chi connectivity index (χ2n) is 3.13. The number of carbonyl (C=O) groups is 1. The molecule has 2 rings (SSSR count). The van der Waals surface area contributed by atoms with Crippen molar-refractivity contribution in [3.63, 3.8) is 0 Å². The molecule has 4 nitrogen and oxygen atoms in total. The summed E-state index contributed by atoms with van der Waals surface area (Å²) in [5, 5.41) is 6.70. The van der Waals surface area contributed by atoms with Crippen LogP contribution in [0.1, 0.15) is 15.9 Å². The van der Waals surface area contributed by atoms with E-state index in [0.29, 0.717) is 10.6 Å². The third kappa shape index (κ3) is 1.77. The summed E-state index contributed by atoms with van der Waals surface area (Å²) < 4.78 is 0. The molecule has 0 unspecified atom stereocenters. The summed E-state index contributed by atoms with van der Waals surface area (Å²) in [6, 6.07) is 4.85. The standard InChI is InChI=1S/C10H7Cl2N3O/c11-7-3-1-2-5(8(7)12)9(16)6-4-14-15-10(6)13/h1-4H,(H3,13,14,15). The van der Waals surface area contributed by atoms with Gasteiger partial charge in [0.15, 0.2) is 5.78 Å². The van der Waals surface area contributed by atoms with Crippen molar-refractivity contribution in [1.82, 2.24) is 10.2 Å². The van der Waals surface area contributed by atoms with Crippen molar-refractivity contribution in [1.29, 1.82) is 0 Å². The van der Waals surface area contributed by atoms with Crippen LogP contribution < -0.4 is 5.73 Å². The topological polar surface area (TPSA) is 71.8 Å². The number of carbonyl (C=O) groups excluding carboxylic acids is 1. The van der Waals surface area contributed by atoms with Gasteiger partial charge < -0.3 is 5.73 Å². The van der Waals surface area contributed by atoms with E-state index in [1.54, 1.807) is 18.2 Å². The van der Waals surface area contributed by atoms with E-state index in [2.05, 4.69) is 10.2 Å². The molecule has 6 heteroatoms. The van der Waals surface area contributed by atoms with E-state index in [1.807, 2.05) is 0 Å². The summed E-state index contributed by atoms with van der Waals surface area (Å²) >= 11 is 11.8. The van der Waals surface area contributed by atoms with Crippen molar-refractivity contribution in [2.45, 2.75) is 0 Å². The Morgan fingerprint density at radius 3 is 2.69 bits per heavy atom. The molecule has 2 aromatic rings. The first-order valence-electron chi connectivity index (χ1n) is 4.39. The lowest BCUT2D eigenvalue weighted by Crippen LogP contribution is -2.04. The first-order valence-corrected chi connectivity index (χ1v) is 5.14. The van der Waals surface area contributed by atoms with E-state index >= 15 is 0 Å². The van der Waals surface area contributed by atoms with E-state index < -0.39 is 0 Å². The molecule has 0 aliphatic carbocycles. The predicted molar refractivity (Wildman–Crippen MR) is 62.9 cm³/mol. The second kappa shape index (κ2) is 4.15. The van der Waals surface area contributed by atoms with Crippen LogP contribution in [0.4, 0.5) is 5.82 Å². The van der Waals surface area contributed by atoms with Gasteiger partial charge in [0.2, 0.25) is 0 Å². The molecule has 82 valence electrons. The van der Waals surface area contributed by atoms with Crippen molar-refractivity contribution < 1.29 is 4.79 Å². The average molecular weight is 256 g/mol. The van der Waals surface area contributed by atoms with Crippen LogP contribution in [0.3, 0.4) is 0 Å². The molecular formula is C10H7Cl2N3O. The monoisotopic (exact) mass is 255 g/mol. The largest absolute Gasteiger partial charge is 0.383 e. The van der Waals surface area contributed by atoms with Gasteiger partial charge in [0.1, 0.15) is 5.82 Å². The predicted octanol–water partition coefficient (Wildman–Crippen LogP) is 2.53. The number of nitrogen functional groups attached to an aromatic ring is 1. The summed E-state index contributed by atoms with van der Waals surface area (Å²) in [7, 11) is 0. The lowest BCUT2D eigenvalue weighted by molar-refractivity contribution is 0.104. The molecule has 1 heterocycles. The molecular weight excluding hydrogens is 249 g/mol. The molecule has 0 bridgehead atoms. The van der Waals surface area contributed by atoms with Crippen molar-refractivity contribution in [2.24, 2.45) is 0 Å². The Hall–Kier alpha value is -1.52. The molecule has 16 heavy (non-hydrogen) atoms. The molecule has 0 atom stereocenters. The second-order valence-corrected chi connectivity index (χ2v) is 3.91. The molecule has 0 amide bonds. The van der Waals surface area contributed by atoms with Crippen LogP contribution in [0, 0.1) is 0 Å². The van der Waals surface area contributed by atoms with Crippen LogP contribution in [0.25, 0.3) is 0 Å². The number of ketones is 1. The van der Waals surface area contributed by atoms with Crippen LogP contribution in [0.2, 0.25) is 10.0 Å². The Morgan fingerprint density at radius 1 is 1.31 bits per heavy atom. The van der Waals surface area contributed by atoms with Crippen LogP contribution in [0.5, 0.6) is 0 Å². The normalized spacial score (nSPS) is 10.4. The summed E-state index contributed by atoms with van der Waals surface area (Å²) in [4.78, 5) is 12.0. The lowest BCUT2D eigenvalue weighted by Gasteiger charge is -2.03. The minimum atomic E-state index is -0.307. The SMILES string of the molecule is Nc1[nH]ncc1C(=O)c1cccc(Cl)c1Cl. The van der Waals surface area contributed by atoms with Crippen LogP contribution >= 0.6 is 23.2 Å². The van der Waals surface area contributed by atoms with E-state index in [0.717, 1.165) is 0 Å². The average Bonchev–Trinajstić information content (AvgIpc) is 2.68. The van der Waals surface area contributed by atoms with Gasteiger partial charge in [-0.1, -0.05) is 29.3 Å². The fraction of sp³-hybridized carbons (Fsp3) is 0. The van der Waals surface area contributed by atoms with Crippen molar-refractivity contribution >= 4 is 34.8 Å². The van der Waals surface area contributed by atoms with Crippen molar-refractivity contribution in [3.8, 4) is 0 Å². The highest BCUT2D eigenvalue weighted by atomic mass is 35.5. The first-order chi connectivity index (χ1) is 7.61. The molecule has 0 aliphatic rings. The minimum absolute atomic E-state index is 0.209. The minimum Gasteiger partial charge on any atom is -0.383 e. The van der Waals surface area contributed by atoms with Gasteiger partial charge in [-0.2, -0.15) is 5.10 Å². The number of aromatic amines is 1. The Morgan fingerprint density at radius 2 is 2.06 bits per heavy atom. The van der Waals surface area contributed by atoms with Crippen molar-refractivity contribution in [2.75, 3.05) is 5.73 Å². The number of rotatable bonds is 2. The summed E-state index contributed by atoms with van der Waals surface area (Å²) in [6.07, 6.45) is 1.36. The van der Waals surface area contributed by atoms with Gasteiger partial charge in [0.05, 0.1) is 21.8 Å². The Balaban J connectivity index is 2.50. The fourth-order valence-corrected chi connectivity index (χ4v) is 1.69. The lowest BCUT2D eigenvalue weighted by atomic mass is 10.1. The number of aromatic nitrogens is 2. The van der Waals surface area contributed by atoms with Crippen molar-refractivity contribution in [3.05, 3.63) is 45.6 Å². The van der Waals surface area contributed by atoms with E-state index in [1.165, 1.54) is 6.20 Å². The van der Waals surface area contributed by atoms with E-state index in [4.69, 9.17) is 28.9 Å². The fourth-order valence-electron chi connectivity index (χ4n) is 1.30. The number of hydrogen-bond acceptors (Lipinski definition) is 3. The van der Waals surface area contributed by atoms with Gasteiger partial charge >= 0.3 is 0 Å². The third-order valence-corrected chi connectivity index (χ3v) is 2.93. The number of nitrogens with two attached hydrogens (primary N) is 1. The molecule has 1 aromatic carbocycles. The molecule has 0 saturated carbocycles. The molecule has 0 fully saturated rings. The zero-order valence-corrected chi connectivity index (χ0v) is 9.51. The highest BCUT2D eigenvalue weighted by Gasteiger charge is 2.17. The molecule has 1 aromatic heterocycles. The molecule has 3 N–H and O–H groups in total. The number of halogens is 2. The number of nitrogens with zero attached hydrogens (tertiary/aromatic N) is 1. The summed E-state index contributed by atoms with van der Waals surface area (Å²) in [5.74, 6) is -0.0974. The van der Waals surface area contributed by atoms with E-state index in [-0.39, 0.29) is 22.2 Å². The van der Waals surface area contributed by atoms with E-state index in [9.17, 15) is 4.79 Å². The van der Waals surface area contributed by atoms with Gasteiger partial charge in [0.25, 0.3) is 0 Å². The third-order valence-electron chi connectivity index (χ3n) is 2.11. The van der Waals surface area contributed by atoms with Crippen LogP contribution in [0.15, 0.2) is 24.4 Å². The van der Waals surface area contributed by atoms with Gasteiger partial charge in [-0.25, -0.2) is 0 Å².